The molecule has 1 fully saturated rings. The molecule has 0 radical (unpaired) electrons. The van der Waals surface area contributed by atoms with E-state index >= 15 is 0 Å². The van der Waals surface area contributed by atoms with Crippen LogP contribution in [0.15, 0.2) is 24.5 Å². The van der Waals surface area contributed by atoms with Gasteiger partial charge in [-0.05, 0) is 18.6 Å². The number of carbonyl (C=O) groups is 2. The van der Waals surface area contributed by atoms with Gasteiger partial charge >= 0.3 is 12.0 Å². The Bertz CT molecular complexity index is 469. The largest absolute Gasteiger partial charge is 0.480 e. The number of amides is 2. The Kier molecular flexibility index (Phi) is 4.26. The first-order valence-electron chi connectivity index (χ1n) is 5.97. The molecule has 1 saturated heterocycles. The van der Waals surface area contributed by atoms with E-state index < -0.39 is 18.0 Å². The lowest BCUT2D eigenvalue weighted by molar-refractivity contribution is -0.141. The van der Waals surface area contributed by atoms with Crippen LogP contribution in [0.5, 0.6) is 0 Å². The van der Waals surface area contributed by atoms with Crippen molar-refractivity contribution in [3.63, 3.8) is 0 Å². The summed E-state index contributed by atoms with van der Waals surface area (Å²) in [6.07, 6.45) is 3.85. The number of carboxylic acids is 1. The summed E-state index contributed by atoms with van der Waals surface area (Å²) in [6, 6.07) is 2.26. The first kappa shape index (κ1) is 13.7. The molecule has 0 saturated carbocycles. The molecule has 6 nitrogen and oxygen atoms in total. The third-order valence-electron chi connectivity index (χ3n) is 2.87. The van der Waals surface area contributed by atoms with Crippen LogP contribution in [0.1, 0.15) is 13.3 Å². The lowest BCUT2D eigenvalue weighted by Crippen LogP contribution is -2.47. The highest BCUT2D eigenvalue weighted by molar-refractivity contribution is 8.00. The smallest absolute Gasteiger partial charge is 0.327 e. The third kappa shape index (κ3) is 2.98. The fourth-order valence-corrected chi connectivity index (χ4v) is 3.31. The molecular weight excluding hydrogens is 266 g/mol. The molecule has 2 atom stereocenters. The van der Waals surface area contributed by atoms with Crippen LogP contribution in [-0.2, 0) is 4.79 Å². The van der Waals surface area contributed by atoms with E-state index in [0.29, 0.717) is 11.4 Å². The lowest BCUT2D eigenvalue weighted by Gasteiger charge is -2.26. The molecular formula is C12H15N3O3S. The van der Waals surface area contributed by atoms with Crippen molar-refractivity contribution in [1.29, 1.82) is 0 Å². The first-order chi connectivity index (χ1) is 9.13. The molecule has 7 heteroatoms. The van der Waals surface area contributed by atoms with E-state index in [1.54, 1.807) is 18.3 Å². The number of hydrogen-bond acceptors (Lipinski definition) is 4. The number of urea groups is 1. The Morgan fingerprint density at radius 2 is 2.42 bits per heavy atom. The Hall–Kier alpha value is -1.76. The predicted molar refractivity (Wildman–Crippen MR) is 73.1 cm³/mol. The summed E-state index contributed by atoms with van der Waals surface area (Å²) in [7, 11) is 0. The van der Waals surface area contributed by atoms with Gasteiger partial charge in [-0.3, -0.25) is 9.88 Å². The van der Waals surface area contributed by atoms with Crippen molar-refractivity contribution < 1.29 is 14.7 Å². The van der Waals surface area contributed by atoms with E-state index in [1.165, 1.54) is 22.9 Å². The van der Waals surface area contributed by atoms with Gasteiger partial charge in [0, 0.05) is 11.9 Å². The molecule has 1 aliphatic heterocycles. The van der Waals surface area contributed by atoms with Gasteiger partial charge in [0.05, 0.1) is 17.3 Å². The third-order valence-corrected chi connectivity index (χ3v) is 4.33. The zero-order chi connectivity index (χ0) is 13.8. The summed E-state index contributed by atoms with van der Waals surface area (Å²) in [5, 5.41) is 11.7. The van der Waals surface area contributed by atoms with Gasteiger partial charge in [0.15, 0.2) is 0 Å². The maximum absolute atomic E-state index is 12.2. The van der Waals surface area contributed by atoms with Gasteiger partial charge in [0.1, 0.15) is 6.04 Å². The van der Waals surface area contributed by atoms with Gasteiger partial charge < -0.3 is 10.4 Å². The van der Waals surface area contributed by atoms with Crippen LogP contribution in [-0.4, -0.2) is 44.2 Å². The van der Waals surface area contributed by atoms with Gasteiger partial charge in [0.25, 0.3) is 0 Å². The number of aliphatic carboxylic acids is 1. The minimum atomic E-state index is -0.968. The Morgan fingerprint density at radius 3 is 3.00 bits per heavy atom. The Balaban J connectivity index is 2.13. The molecule has 2 amide bonds. The van der Waals surface area contributed by atoms with Crippen molar-refractivity contribution in [3.05, 3.63) is 24.5 Å². The van der Waals surface area contributed by atoms with E-state index in [0.717, 1.165) is 6.42 Å². The number of nitrogens with one attached hydrogen (secondary N) is 1. The predicted octanol–water partition coefficient (Wildman–Crippen LogP) is 1.85. The number of anilines is 1. The summed E-state index contributed by atoms with van der Waals surface area (Å²) in [4.78, 5) is 28.7. The molecule has 1 aromatic rings. The molecule has 0 spiro atoms. The van der Waals surface area contributed by atoms with Gasteiger partial charge in [-0.25, -0.2) is 9.59 Å². The topological polar surface area (TPSA) is 82.5 Å². The van der Waals surface area contributed by atoms with Crippen LogP contribution in [0.2, 0.25) is 0 Å². The summed E-state index contributed by atoms with van der Waals surface area (Å²) in [5.41, 5.74) is 0.559. The van der Waals surface area contributed by atoms with Gasteiger partial charge in [-0.2, -0.15) is 0 Å². The highest BCUT2D eigenvalue weighted by atomic mass is 32.2. The van der Waals surface area contributed by atoms with Crippen LogP contribution in [0.3, 0.4) is 0 Å². The molecule has 1 aromatic heterocycles. The molecule has 2 heterocycles. The minimum Gasteiger partial charge on any atom is -0.480 e. The zero-order valence-electron chi connectivity index (χ0n) is 10.4. The number of pyridine rings is 1. The molecule has 2 N–H and O–H groups in total. The molecule has 0 aliphatic carbocycles. The van der Waals surface area contributed by atoms with E-state index in [9.17, 15) is 9.59 Å². The summed E-state index contributed by atoms with van der Waals surface area (Å²) in [6.45, 7) is 1.94. The quantitative estimate of drug-likeness (QED) is 0.883. The molecule has 19 heavy (non-hydrogen) atoms. The number of aromatic nitrogens is 1. The Morgan fingerprint density at radius 1 is 1.63 bits per heavy atom. The summed E-state index contributed by atoms with van der Waals surface area (Å²) in [5.74, 6) is -0.543. The van der Waals surface area contributed by atoms with Crippen molar-refractivity contribution in [2.45, 2.75) is 24.8 Å². The SMILES string of the molecule is CCC1SCC(C(=O)O)N1C(=O)Nc1cccnc1. The van der Waals surface area contributed by atoms with Crippen LogP contribution in [0.25, 0.3) is 0 Å². The molecule has 0 bridgehead atoms. The molecule has 2 rings (SSSR count). The number of thioether (sulfide) groups is 1. The van der Waals surface area contributed by atoms with Crippen molar-refractivity contribution in [2.24, 2.45) is 0 Å². The second-order valence-corrected chi connectivity index (χ2v) is 5.34. The van der Waals surface area contributed by atoms with E-state index in [4.69, 9.17) is 5.11 Å². The standard InChI is InChI=1S/C12H15N3O3S/c1-2-10-15(9(7-19-10)11(16)17)12(18)14-8-4-3-5-13-6-8/h3-6,9-10H,2,7H2,1H3,(H,14,18)(H,16,17). The second kappa shape index (κ2) is 5.92. The maximum atomic E-state index is 12.2. The number of carboxylic acid groups (broad SMARTS) is 1. The Labute approximate surface area is 115 Å². The molecule has 102 valence electrons. The molecule has 0 aromatic carbocycles. The normalized spacial score (nSPS) is 22.3. The monoisotopic (exact) mass is 281 g/mol. The average molecular weight is 281 g/mol. The number of nitrogens with zero attached hydrogens (tertiary/aromatic N) is 2. The highest BCUT2D eigenvalue weighted by Gasteiger charge is 2.40. The molecule has 2 unspecified atom stereocenters. The molecule has 1 aliphatic rings. The van der Waals surface area contributed by atoms with Crippen molar-refractivity contribution in [1.82, 2.24) is 9.88 Å². The summed E-state index contributed by atoms with van der Waals surface area (Å²) >= 11 is 1.49. The number of carbonyl (C=O) groups excluding carboxylic acids is 1. The van der Waals surface area contributed by atoms with Crippen LogP contribution < -0.4 is 5.32 Å². The van der Waals surface area contributed by atoms with Crippen LogP contribution in [0, 0.1) is 0 Å². The van der Waals surface area contributed by atoms with Gasteiger partial charge in [-0.1, -0.05) is 6.92 Å². The first-order valence-corrected chi connectivity index (χ1v) is 7.02. The number of hydrogen-bond donors (Lipinski definition) is 2. The fourth-order valence-electron chi connectivity index (χ4n) is 1.97. The van der Waals surface area contributed by atoms with Crippen LogP contribution in [0.4, 0.5) is 10.5 Å². The number of rotatable bonds is 3. The van der Waals surface area contributed by atoms with E-state index in [-0.39, 0.29) is 5.37 Å². The summed E-state index contributed by atoms with van der Waals surface area (Å²) < 4.78 is 0. The van der Waals surface area contributed by atoms with E-state index in [1.807, 2.05) is 6.92 Å². The van der Waals surface area contributed by atoms with Crippen molar-refractivity contribution >= 4 is 29.4 Å². The second-order valence-electron chi connectivity index (χ2n) is 4.13. The van der Waals surface area contributed by atoms with Gasteiger partial charge in [0.2, 0.25) is 0 Å². The average Bonchev–Trinajstić information content (AvgIpc) is 2.83. The van der Waals surface area contributed by atoms with E-state index in [2.05, 4.69) is 10.3 Å². The minimum absolute atomic E-state index is 0.0993. The zero-order valence-corrected chi connectivity index (χ0v) is 11.3. The lowest BCUT2D eigenvalue weighted by atomic mass is 10.2. The van der Waals surface area contributed by atoms with Crippen molar-refractivity contribution in [3.8, 4) is 0 Å². The van der Waals surface area contributed by atoms with Crippen LogP contribution >= 0.6 is 11.8 Å². The maximum Gasteiger partial charge on any atom is 0.327 e. The van der Waals surface area contributed by atoms with Crippen molar-refractivity contribution in [2.75, 3.05) is 11.1 Å². The van der Waals surface area contributed by atoms with Gasteiger partial charge in [-0.15, -0.1) is 11.8 Å². The highest BCUT2D eigenvalue weighted by Crippen LogP contribution is 2.31. The fraction of sp³-hybridized carbons (Fsp3) is 0.417.